The molecule has 0 atom stereocenters. The first-order valence-corrected chi connectivity index (χ1v) is 9.74. The maximum atomic E-state index is 13.0. The third-order valence-electron chi connectivity index (χ3n) is 5.05. The number of rotatable bonds is 2. The predicted octanol–water partition coefficient (Wildman–Crippen LogP) is 2.14. The molecule has 0 aliphatic carbocycles. The van der Waals surface area contributed by atoms with E-state index in [0.29, 0.717) is 35.3 Å². The number of piperidine rings is 1. The molecule has 2 amide bonds. The maximum Gasteiger partial charge on any atom is 0.258 e. The van der Waals surface area contributed by atoms with Gasteiger partial charge >= 0.3 is 0 Å². The van der Waals surface area contributed by atoms with Crippen molar-refractivity contribution in [3.63, 3.8) is 0 Å². The van der Waals surface area contributed by atoms with Crippen molar-refractivity contribution in [2.75, 3.05) is 13.1 Å². The van der Waals surface area contributed by atoms with E-state index in [-0.39, 0.29) is 10.5 Å². The van der Waals surface area contributed by atoms with E-state index in [0.717, 1.165) is 12.8 Å². The average Bonchev–Trinajstić information content (AvgIpc) is 2.59. The van der Waals surface area contributed by atoms with Crippen molar-refractivity contribution in [2.45, 2.75) is 24.7 Å². The zero-order valence-corrected chi connectivity index (χ0v) is 14.6. The van der Waals surface area contributed by atoms with Crippen LogP contribution in [0.2, 0.25) is 0 Å². The van der Waals surface area contributed by atoms with Gasteiger partial charge in [0.25, 0.3) is 11.8 Å². The van der Waals surface area contributed by atoms with E-state index in [9.17, 15) is 18.0 Å². The van der Waals surface area contributed by atoms with Crippen LogP contribution in [0.1, 0.15) is 40.5 Å². The Bertz CT molecular complexity index is 1010. The van der Waals surface area contributed by atoms with E-state index >= 15 is 0 Å². The summed E-state index contributed by atoms with van der Waals surface area (Å²) >= 11 is 0. The van der Waals surface area contributed by atoms with Gasteiger partial charge in [0.05, 0.1) is 4.90 Å². The second kappa shape index (κ2) is 5.64. The number of benzene rings is 2. The average molecular weight is 358 g/mol. The van der Waals surface area contributed by atoms with Gasteiger partial charge in [-0.2, -0.15) is 4.31 Å². The van der Waals surface area contributed by atoms with Gasteiger partial charge in [0.2, 0.25) is 10.0 Å². The molecule has 1 saturated heterocycles. The molecule has 0 radical (unpaired) electrons. The van der Waals surface area contributed by atoms with Crippen molar-refractivity contribution >= 4 is 32.6 Å². The van der Waals surface area contributed by atoms with Crippen LogP contribution in [0.15, 0.2) is 35.2 Å². The summed E-state index contributed by atoms with van der Waals surface area (Å²) in [6.45, 7) is 3.09. The van der Waals surface area contributed by atoms with Crippen LogP contribution in [0.4, 0.5) is 0 Å². The van der Waals surface area contributed by atoms with Crippen LogP contribution in [0.3, 0.4) is 0 Å². The molecule has 2 aliphatic heterocycles. The van der Waals surface area contributed by atoms with Gasteiger partial charge in [-0.15, -0.1) is 0 Å². The van der Waals surface area contributed by atoms with Crippen molar-refractivity contribution < 1.29 is 18.0 Å². The summed E-state index contributed by atoms with van der Waals surface area (Å²) in [5.41, 5.74) is 0.625. The van der Waals surface area contributed by atoms with Crippen LogP contribution in [0.5, 0.6) is 0 Å². The normalized spacial score (nSPS) is 19.2. The van der Waals surface area contributed by atoms with Crippen molar-refractivity contribution in [1.82, 2.24) is 9.62 Å². The maximum absolute atomic E-state index is 13.0. The lowest BCUT2D eigenvalue weighted by Gasteiger charge is -2.29. The van der Waals surface area contributed by atoms with Crippen LogP contribution in [0.25, 0.3) is 10.8 Å². The highest BCUT2D eigenvalue weighted by Gasteiger charge is 2.31. The predicted molar refractivity (Wildman–Crippen MR) is 92.9 cm³/mol. The molecular formula is C18H18N2O4S. The minimum atomic E-state index is -3.67. The van der Waals surface area contributed by atoms with Crippen LogP contribution >= 0.6 is 0 Å². The number of sulfonamides is 1. The Kier molecular flexibility index (Phi) is 3.66. The third kappa shape index (κ3) is 2.54. The molecule has 130 valence electrons. The SMILES string of the molecule is CC1CCN(S(=O)(=O)c2cc3c4c(cccc4c2)C(=O)NC3=O)CC1. The number of carbonyl (C=O) groups excluding carboxylic acids is 2. The number of hydrogen-bond acceptors (Lipinski definition) is 4. The van der Waals surface area contributed by atoms with Gasteiger partial charge in [0.15, 0.2) is 0 Å². The minimum absolute atomic E-state index is 0.103. The first-order valence-electron chi connectivity index (χ1n) is 8.30. The van der Waals surface area contributed by atoms with E-state index in [1.807, 2.05) is 0 Å². The van der Waals surface area contributed by atoms with E-state index < -0.39 is 21.8 Å². The lowest BCUT2D eigenvalue weighted by Crippen LogP contribution is -2.38. The van der Waals surface area contributed by atoms with Crippen molar-refractivity contribution in [3.8, 4) is 0 Å². The first-order chi connectivity index (χ1) is 11.9. The molecule has 0 saturated carbocycles. The van der Waals surface area contributed by atoms with Crippen molar-refractivity contribution in [2.24, 2.45) is 5.92 Å². The molecule has 2 aromatic carbocycles. The lowest BCUT2D eigenvalue weighted by atomic mass is 9.95. The van der Waals surface area contributed by atoms with Gasteiger partial charge < -0.3 is 0 Å². The molecular weight excluding hydrogens is 340 g/mol. The van der Waals surface area contributed by atoms with Crippen LogP contribution in [-0.2, 0) is 10.0 Å². The lowest BCUT2D eigenvalue weighted by molar-refractivity contribution is 0.0845. The summed E-state index contributed by atoms with van der Waals surface area (Å²) in [7, 11) is -3.67. The number of nitrogens with zero attached hydrogens (tertiary/aromatic N) is 1. The Morgan fingerprint density at radius 1 is 1.04 bits per heavy atom. The summed E-state index contributed by atoms with van der Waals surface area (Å²) in [6.07, 6.45) is 1.66. The fourth-order valence-corrected chi connectivity index (χ4v) is 5.06. The van der Waals surface area contributed by atoms with Crippen LogP contribution < -0.4 is 5.32 Å². The van der Waals surface area contributed by atoms with Gasteiger partial charge in [0, 0.05) is 29.6 Å². The Morgan fingerprint density at radius 3 is 2.44 bits per heavy atom. The van der Waals surface area contributed by atoms with Crippen LogP contribution in [0, 0.1) is 5.92 Å². The molecule has 0 bridgehead atoms. The molecule has 0 aromatic heterocycles. The number of amides is 2. The molecule has 1 N–H and O–H groups in total. The summed E-state index contributed by atoms with van der Waals surface area (Å²) in [6, 6.07) is 8.00. The largest absolute Gasteiger partial charge is 0.288 e. The standard InChI is InChI=1S/C18H18N2O4S/c1-11-5-7-20(8-6-11)25(23,24)13-9-12-3-2-4-14-16(12)15(10-13)18(22)19-17(14)21/h2-4,9-11H,5-8H2,1H3,(H,19,21,22). The number of nitrogens with one attached hydrogen (secondary N) is 1. The fourth-order valence-electron chi connectivity index (χ4n) is 3.53. The van der Waals surface area contributed by atoms with Crippen LogP contribution in [-0.4, -0.2) is 37.6 Å². The monoisotopic (exact) mass is 358 g/mol. The Hall–Kier alpha value is -2.25. The van der Waals surface area contributed by atoms with Gasteiger partial charge in [0.1, 0.15) is 0 Å². The van der Waals surface area contributed by atoms with Gasteiger partial charge in [-0.3, -0.25) is 14.9 Å². The zero-order valence-electron chi connectivity index (χ0n) is 13.8. The van der Waals surface area contributed by atoms with E-state index in [1.165, 1.54) is 10.4 Å². The van der Waals surface area contributed by atoms with Crippen molar-refractivity contribution in [3.05, 3.63) is 41.5 Å². The number of carbonyl (C=O) groups is 2. The summed E-state index contributed by atoms with van der Waals surface area (Å²) in [5, 5.41) is 3.37. The molecule has 2 aliphatic rings. The van der Waals surface area contributed by atoms with Gasteiger partial charge in [-0.25, -0.2) is 8.42 Å². The first kappa shape index (κ1) is 16.2. The highest BCUT2D eigenvalue weighted by atomic mass is 32.2. The molecule has 0 spiro atoms. The van der Waals surface area contributed by atoms with Crippen molar-refractivity contribution in [1.29, 1.82) is 0 Å². The quantitative estimate of drug-likeness (QED) is 0.834. The summed E-state index contributed by atoms with van der Waals surface area (Å²) < 4.78 is 27.5. The number of hydrogen-bond donors (Lipinski definition) is 1. The highest BCUT2D eigenvalue weighted by Crippen LogP contribution is 2.31. The fraction of sp³-hybridized carbons (Fsp3) is 0.333. The van der Waals surface area contributed by atoms with E-state index in [4.69, 9.17) is 0 Å². The molecule has 6 nitrogen and oxygen atoms in total. The highest BCUT2D eigenvalue weighted by molar-refractivity contribution is 7.89. The second-order valence-electron chi connectivity index (χ2n) is 6.74. The summed E-state index contributed by atoms with van der Waals surface area (Å²) in [4.78, 5) is 24.3. The second-order valence-corrected chi connectivity index (χ2v) is 8.68. The minimum Gasteiger partial charge on any atom is -0.288 e. The van der Waals surface area contributed by atoms with Gasteiger partial charge in [-0.1, -0.05) is 19.1 Å². The molecule has 2 aromatic rings. The summed E-state index contributed by atoms with van der Waals surface area (Å²) in [5.74, 6) is -0.495. The third-order valence-corrected chi connectivity index (χ3v) is 6.92. The van der Waals surface area contributed by atoms with Gasteiger partial charge in [-0.05, 0) is 42.3 Å². The molecule has 7 heteroatoms. The molecule has 25 heavy (non-hydrogen) atoms. The Labute approximate surface area is 145 Å². The van der Waals surface area contributed by atoms with E-state index in [1.54, 1.807) is 24.3 Å². The molecule has 1 fully saturated rings. The Morgan fingerprint density at radius 2 is 1.72 bits per heavy atom. The molecule has 4 rings (SSSR count). The number of imide groups is 1. The smallest absolute Gasteiger partial charge is 0.258 e. The molecule has 2 heterocycles. The Balaban J connectivity index is 1.88. The zero-order chi connectivity index (χ0) is 17.8. The van der Waals surface area contributed by atoms with E-state index in [2.05, 4.69) is 12.2 Å². The topological polar surface area (TPSA) is 83.6 Å². The molecule has 0 unspecified atom stereocenters.